The maximum atomic E-state index is 4.25. The van der Waals surface area contributed by atoms with E-state index in [1.54, 1.807) is 0 Å². The summed E-state index contributed by atoms with van der Waals surface area (Å²) in [6.45, 7) is 7.40. The van der Waals surface area contributed by atoms with Crippen LogP contribution in [0.25, 0.3) is 0 Å². The van der Waals surface area contributed by atoms with Gasteiger partial charge in [-0.2, -0.15) is 5.10 Å². The average Bonchev–Trinajstić information content (AvgIpc) is 2.76. The van der Waals surface area contributed by atoms with Crippen LogP contribution >= 0.6 is 0 Å². The van der Waals surface area contributed by atoms with E-state index in [9.17, 15) is 0 Å². The molecule has 0 saturated heterocycles. The second kappa shape index (κ2) is 5.91. The Morgan fingerprint density at radius 3 is 2.47 bits per heavy atom. The first-order chi connectivity index (χ1) is 9.11. The fourth-order valence-corrected chi connectivity index (χ4v) is 2.08. The Bertz CT molecular complexity index is 525. The van der Waals surface area contributed by atoms with E-state index >= 15 is 0 Å². The number of nitrogens with one attached hydrogen (secondary N) is 1. The van der Waals surface area contributed by atoms with Crippen LogP contribution in [0.15, 0.2) is 30.5 Å². The van der Waals surface area contributed by atoms with Gasteiger partial charge in [-0.15, -0.1) is 0 Å². The van der Waals surface area contributed by atoms with Crippen LogP contribution in [0.2, 0.25) is 0 Å². The van der Waals surface area contributed by atoms with Crippen LogP contribution in [0.1, 0.15) is 43.0 Å². The summed E-state index contributed by atoms with van der Waals surface area (Å²) in [5, 5.41) is 7.70. The molecule has 1 atom stereocenters. The van der Waals surface area contributed by atoms with Crippen molar-refractivity contribution in [2.75, 3.05) is 5.32 Å². The minimum Gasteiger partial charge on any atom is -0.381 e. The third-order valence-corrected chi connectivity index (χ3v) is 3.91. The molecule has 0 amide bonds. The number of anilines is 1. The maximum absolute atomic E-state index is 4.25. The van der Waals surface area contributed by atoms with Crippen molar-refractivity contribution in [2.24, 2.45) is 7.05 Å². The van der Waals surface area contributed by atoms with Gasteiger partial charge in [-0.3, -0.25) is 4.68 Å². The van der Waals surface area contributed by atoms with Gasteiger partial charge >= 0.3 is 0 Å². The predicted octanol–water partition coefficient (Wildman–Crippen LogP) is 3.85. The summed E-state index contributed by atoms with van der Waals surface area (Å²) >= 11 is 0. The quantitative estimate of drug-likeness (QED) is 0.881. The minimum absolute atomic E-state index is 0.634. The molecule has 0 radical (unpaired) electrons. The smallest absolute Gasteiger partial charge is 0.0542 e. The average molecular weight is 257 g/mol. The zero-order chi connectivity index (χ0) is 13.8. The van der Waals surface area contributed by atoms with Gasteiger partial charge < -0.3 is 5.32 Å². The lowest BCUT2D eigenvalue weighted by Gasteiger charge is -2.11. The van der Waals surface area contributed by atoms with Crippen LogP contribution in [-0.4, -0.2) is 9.78 Å². The SMILES string of the molecule is CCC(C)c1ccc(NCc2cnn(C)c2C)cc1. The van der Waals surface area contributed by atoms with Crippen LogP contribution in [0.3, 0.4) is 0 Å². The van der Waals surface area contributed by atoms with E-state index in [1.165, 1.54) is 23.2 Å². The standard InChI is InChI=1S/C16H23N3/c1-5-12(2)14-6-8-16(9-7-14)17-10-15-11-18-19(4)13(15)3/h6-9,11-12,17H,5,10H2,1-4H3. The van der Waals surface area contributed by atoms with E-state index in [2.05, 4.69) is 55.5 Å². The highest BCUT2D eigenvalue weighted by atomic mass is 15.3. The summed E-state index contributed by atoms with van der Waals surface area (Å²) in [5.74, 6) is 0.634. The molecule has 1 aromatic carbocycles. The Balaban J connectivity index is 1.98. The van der Waals surface area contributed by atoms with E-state index < -0.39 is 0 Å². The molecule has 3 heteroatoms. The van der Waals surface area contributed by atoms with E-state index in [0.717, 1.165) is 12.2 Å². The lowest BCUT2D eigenvalue weighted by molar-refractivity contribution is 0.733. The van der Waals surface area contributed by atoms with Crippen molar-refractivity contribution < 1.29 is 0 Å². The molecule has 1 aromatic heterocycles. The summed E-state index contributed by atoms with van der Waals surface area (Å²) < 4.78 is 1.91. The number of hydrogen-bond donors (Lipinski definition) is 1. The Morgan fingerprint density at radius 2 is 1.95 bits per heavy atom. The Morgan fingerprint density at radius 1 is 1.26 bits per heavy atom. The first-order valence-corrected chi connectivity index (χ1v) is 6.93. The summed E-state index contributed by atoms with van der Waals surface area (Å²) in [5.41, 5.74) is 5.03. The predicted molar refractivity (Wildman–Crippen MR) is 80.4 cm³/mol. The van der Waals surface area contributed by atoms with Crippen LogP contribution < -0.4 is 5.32 Å². The van der Waals surface area contributed by atoms with Crippen molar-refractivity contribution in [3.05, 3.63) is 47.3 Å². The molecule has 1 unspecified atom stereocenters. The summed E-state index contributed by atoms with van der Waals surface area (Å²) in [6.07, 6.45) is 3.11. The lowest BCUT2D eigenvalue weighted by atomic mass is 9.99. The Hall–Kier alpha value is -1.77. The fraction of sp³-hybridized carbons (Fsp3) is 0.438. The minimum atomic E-state index is 0.634. The molecule has 102 valence electrons. The van der Waals surface area contributed by atoms with Gasteiger partial charge in [0.25, 0.3) is 0 Å². The molecule has 0 aliphatic heterocycles. The fourth-order valence-electron chi connectivity index (χ4n) is 2.08. The number of benzene rings is 1. The molecule has 2 rings (SSSR count). The van der Waals surface area contributed by atoms with Crippen LogP contribution in [0.5, 0.6) is 0 Å². The normalized spacial score (nSPS) is 12.4. The highest BCUT2D eigenvalue weighted by Crippen LogP contribution is 2.20. The van der Waals surface area contributed by atoms with E-state index in [4.69, 9.17) is 0 Å². The first-order valence-electron chi connectivity index (χ1n) is 6.93. The molecule has 1 heterocycles. The van der Waals surface area contributed by atoms with Gasteiger partial charge in [0.2, 0.25) is 0 Å². The van der Waals surface area contributed by atoms with Gasteiger partial charge in [-0.1, -0.05) is 26.0 Å². The van der Waals surface area contributed by atoms with E-state index in [0.29, 0.717) is 5.92 Å². The molecule has 0 saturated carbocycles. The summed E-state index contributed by atoms with van der Waals surface area (Å²) in [4.78, 5) is 0. The third kappa shape index (κ3) is 3.16. The number of aromatic nitrogens is 2. The first kappa shape index (κ1) is 13.7. The second-order valence-corrected chi connectivity index (χ2v) is 5.16. The third-order valence-electron chi connectivity index (χ3n) is 3.91. The Kier molecular flexibility index (Phi) is 4.25. The van der Waals surface area contributed by atoms with Crippen LogP contribution in [0, 0.1) is 6.92 Å². The zero-order valence-corrected chi connectivity index (χ0v) is 12.3. The highest BCUT2D eigenvalue weighted by molar-refractivity contribution is 5.45. The van der Waals surface area contributed by atoms with Gasteiger partial charge in [0.05, 0.1) is 6.20 Å². The molecule has 0 fully saturated rings. The monoisotopic (exact) mass is 257 g/mol. The molecule has 1 N–H and O–H groups in total. The molecule has 2 aromatic rings. The van der Waals surface area contributed by atoms with Gasteiger partial charge in [0.1, 0.15) is 0 Å². The van der Waals surface area contributed by atoms with E-state index in [-0.39, 0.29) is 0 Å². The number of hydrogen-bond acceptors (Lipinski definition) is 2. The van der Waals surface area contributed by atoms with Crippen molar-refractivity contribution in [2.45, 2.75) is 39.7 Å². The topological polar surface area (TPSA) is 29.9 Å². The largest absolute Gasteiger partial charge is 0.381 e. The van der Waals surface area contributed by atoms with Crippen LogP contribution in [-0.2, 0) is 13.6 Å². The molecule has 19 heavy (non-hydrogen) atoms. The molecule has 0 aliphatic carbocycles. The van der Waals surface area contributed by atoms with Crippen LogP contribution in [0.4, 0.5) is 5.69 Å². The number of aryl methyl sites for hydroxylation is 1. The maximum Gasteiger partial charge on any atom is 0.0542 e. The van der Waals surface area contributed by atoms with Crippen molar-refractivity contribution >= 4 is 5.69 Å². The molecule has 0 spiro atoms. The van der Waals surface area contributed by atoms with Gasteiger partial charge in [0, 0.05) is 30.5 Å². The number of rotatable bonds is 5. The van der Waals surface area contributed by atoms with Crippen molar-refractivity contribution in [1.82, 2.24) is 9.78 Å². The van der Waals surface area contributed by atoms with E-state index in [1.807, 2.05) is 17.9 Å². The molecule has 0 bridgehead atoms. The molecular formula is C16H23N3. The second-order valence-electron chi connectivity index (χ2n) is 5.16. The van der Waals surface area contributed by atoms with Gasteiger partial charge in [-0.25, -0.2) is 0 Å². The van der Waals surface area contributed by atoms with Gasteiger partial charge in [0.15, 0.2) is 0 Å². The van der Waals surface area contributed by atoms with Gasteiger partial charge in [-0.05, 0) is 37.0 Å². The summed E-state index contributed by atoms with van der Waals surface area (Å²) in [6, 6.07) is 8.75. The molecule has 3 nitrogen and oxygen atoms in total. The highest BCUT2D eigenvalue weighted by Gasteiger charge is 2.04. The zero-order valence-electron chi connectivity index (χ0n) is 12.3. The van der Waals surface area contributed by atoms with Crippen molar-refractivity contribution in [1.29, 1.82) is 0 Å². The molecular weight excluding hydrogens is 234 g/mol. The van der Waals surface area contributed by atoms with Crippen molar-refractivity contribution in [3.8, 4) is 0 Å². The number of nitrogens with zero attached hydrogens (tertiary/aromatic N) is 2. The lowest BCUT2D eigenvalue weighted by Crippen LogP contribution is -2.01. The van der Waals surface area contributed by atoms with Crippen molar-refractivity contribution in [3.63, 3.8) is 0 Å². The Labute approximate surface area is 115 Å². The summed E-state index contributed by atoms with van der Waals surface area (Å²) in [7, 11) is 1.97. The molecule has 0 aliphatic rings.